The lowest BCUT2D eigenvalue weighted by molar-refractivity contribution is 0.0908. The Balaban J connectivity index is 2.32. The second-order valence-electron chi connectivity index (χ2n) is 3.89. The van der Waals surface area contributed by atoms with Gasteiger partial charge >= 0.3 is 0 Å². The number of hydrogen-bond acceptors (Lipinski definition) is 4. The molecule has 0 aliphatic rings. The molecular weight excluding hydrogens is 254 g/mol. The van der Waals surface area contributed by atoms with Gasteiger partial charge in [0.05, 0.1) is 6.61 Å². The number of aryl methyl sites for hydroxylation is 1. The van der Waals surface area contributed by atoms with Crippen LogP contribution in [0.3, 0.4) is 0 Å². The van der Waals surface area contributed by atoms with E-state index in [0.29, 0.717) is 18.8 Å². The first-order valence-electron chi connectivity index (χ1n) is 6.00. The number of amides is 1. The first-order valence-corrected chi connectivity index (χ1v) is 6.38. The third-order valence-corrected chi connectivity index (χ3v) is 2.40. The lowest BCUT2D eigenvalue weighted by Gasteiger charge is -2.06. The van der Waals surface area contributed by atoms with E-state index in [2.05, 4.69) is 22.2 Å². The summed E-state index contributed by atoms with van der Waals surface area (Å²) in [6.07, 6.45) is 2.14. The van der Waals surface area contributed by atoms with Crippen LogP contribution in [0.5, 0.6) is 0 Å². The molecule has 1 amide bonds. The number of nitrogens with one attached hydrogen (secondary N) is 1. The Morgan fingerprint density at radius 3 is 2.89 bits per heavy atom. The SMILES string of the molecule is CCCCOCCNC(=O)c1cc(C)nc(Cl)n1. The van der Waals surface area contributed by atoms with Crippen LogP contribution in [0.1, 0.15) is 35.9 Å². The number of halogens is 1. The molecule has 1 rings (SSSR count). The Hall–Kier alpha value is -1.20. The number of aromatic nitrogens is 2. The van der Waals surface area contributed by atoms with E-state index in [0.717, 1.165) is 19.4 Å². The lowest BCUT2D eigenvalue weighted by atomic mass is 10.3. The van der Waals surface area contributed by atoms with Gasteiger partial charge in [-0.15, -0.1) is 0 Å². The number of rotatable bonds is 7. The van der Waals surface area contributed by atoms with E-state index in [-0.39, 0.29) is 16.9 Å². The summed E-state index contributed by atoms with van der Waals surface area (Å²) in [5.41, 5.74) is 0.945. The second-order valence-corrected chi connectivity index (χ2v) is 4.22. The largest absolute Gasteiger partial charge is 0.380 e. The summed E-state index contributed by atoms with van der Waals surface area (Å²) < 4.78 is 5.33. The van der Waals surface area contributed by atoms with Crippen molar-refractivity contribution in [3.8, 4) is 0 Å². The van der Waals surface area contributed by atoms with Gasteiger partial charge in [-0.3, -0.25) is 4.79 Å². The summed E-state index contributed by atoms with van der Waals surface area (Å²) in [6, 6.07) is 1.60. The van der Waals surface area contributed by atoms with Gasteiger partial charge in [0.15, 0.2) is 0 Å². The molecule has 0 saturated carbocycles. The van der Waals surface area contributed by atoms with E-state index in [4.69, 9.17) is 16.3 Å². The smallest absolute Gasteiger partial charge is 0.270 e. The van der Waals surface area contributed by atoms with Gasteiger partial charge in [-0.2, -0.15) is 0 Å². The predicted octanol–water partition coefficient (Wildman–Crippen LogP) is 1.98. The highest BCUT2D eigenvalue weighted by atomic mass is 35.5. The maximum absolute atomic E-state index is 11.7. The average Bonchev–Trinajstić information content (AvgIpc) is 2.32. The van der Waals surface area contributed by atoms with Crippen LogP contribution in [-0.2, 0) is 4.74 Å². The highest BCUT2D eigenvalue weighted by molar-refractivity contribution is 6.28. The van der Waals surface area contributed by atoms with Crippen LogP contribution in [0.4, 0.5) is 0 Å². The molecule has 1 heterocycles. The van der Waals surface area contributed by atoms with Crippen LogP contribution in [0, 0.1) is 6.92 Å². The van der Waals surface area contributed by atoms with Gasteiger partial charge in [-0.1, -0.05) is 13.3 Å². The number of unbranched alkanes of at least 4 members (excludes halogenated alkanes) is 1. The minimum atomic E-state index is -0.263. The highest BCUT2D eigenvalue weighted by Gasteiger charge is 2.08. The van der Waals surface area contributed by atoms with Crippen LogP contribution in [0.25, 0.3) is 0 Å². The Labute approximate surface area is 112 Å². The molecule has 5 nitrogen and oxygen atoms in total. The van der Waals surface area contributed by atoms with Gasteiger partial charge in [0, 0.05) is 18.8 Å². The predicted molar refractivity (Wildman–Crippen MR) is 69.8 cm³/mol. The fourth-order valence-corrected chi connectivity index (χ4v) is 1.55. The van der Waals surface area contributed by atoms with Crippen LogP contribution in [0.2, 0.25) is 5.28 Å². The molecule has 100 valence electrons. The molecule has 0 fully saturated rings. The topological polar surface area (TPSA) is 64.1 Å². The van der Waals surface area contributed by atoms with E-state index in [1.54, 1.807) is 13.0 Å². The average molecular weight is 272 g/mol. The van der Waals surface area contributed by atoms with Crippen LogP contribution in [0.15, 0.2) is 6.07 Å². The Morgan fingerprint density at radius 1 is 1.44 bits per heavy atom. The molecule has 0 aromatic carbocycles. The Morgan fingerprint density at radius 2 is 2.22 bits per heavy atom. The molecule has 1 aromatic heterocycles. The van der Waals surface area contributed by atoms with Crippen molar-refractivity contribution in [1.82, 2.24) is 15.3 Å². The second kappa shape index (κ2) is 8.00. The lowest BCUT2D eigenvalue weighted by Crippen LogP contribution is -2.28. The minimum Gasteiger partial charge on any atom is -0.380 e. The summed E-state index contributed by atoms with van der Waals surface area (Å²) >= 11 is 5.69. The minimum absolute atomic E-state index is 0.0827. The monoisotopic (exact) mass is 271 g/mol. The van der Waals surface area contributed by atoms with Gasteiger partial charge in [-0.25, -0.2) is 9.97 Å². The van der Waals surface area contributed by atoms with Gasteiger partial charge < -0.3 is 10.1 Å². The van der Waals surface area contributed by atoms with Crippen molar-refractivity contribution < 1.29 is 9.53 Å². The molecule has 0 saturated heterocycles. The number of carbonyl (C=O) groups excluding carboxylic acids is 1. The zero-order chi connectivity index (χ0) is 13.4. The summed E-state index contributed by atoms with van der Waals surface area (Å²) in [7, 11) is 0. The van der Waals surface area contributed by atoms with E-state index in [1.807, 2.05) is 0 Å². The van der Waals surface area contributed by atoms with E-state index < -0.39 is 0 Å². The molecule has 1 aromatic rings. The molecule has 0 aliphatic carbocycles. The summed E-state index contributed by atoms with van der Waals surface area (Å²) in [4.78, 5) is 19.5. The molecular formula is C12H18ClN3O2. The van der Waals surface area contributed by atoms with Gasteiger partial charge in [0.2, 0.25) is 5.28 Å². The van der Waals surface area contributed by atoms with Crippen LogP contribution >= 0.6 is 11.6 Å². The molecule has 18 heavy (non-hydrogen) atoms. The van der Waals surface area contributed by atoms with Crippen molar-refractivity contribution in [1.29, 1.82) is 0 Å². The Bertz CT molecular complexity index is 379. The first kappa shape index (κ1) is 14.9. The molecule has 1 N–H and O–H groups in total. The fourth-order valence-electron chi connectivity index (χ4n) is 1.32. The van der Waals surface area contributed by atoms with Crippen LogP contribution in [-0.4, -0.2) is 35.6 Å². The quantitative estimate of drug-likeness (QED) is 0.608. The number of nitrogens with zero attached hydrogens (tertiary/aromatic N) is 2. The fraction of sp³-hybridized carbons (Fsp3) is 0.583. The number of ether oxygens (including phenoxy) is 1. The van der Waals surface area contributed by atoms with E-state index >= 15 is 0 Å². The molecule has 0 radical (unpaired) electrons. The highest BCUT2D eigenvalue weighted by Crippen LogP contribution is 2.04. The van der Waals surface area contributed by atoms with Crippen molar-refractivity contribution >= 4 is 17.5 Å². The van der Waals surface area contributed by atoms with Gasteiger partial charge in [0.1, 0.15) is 5.69 Å². The molecule has 6 heteroatoms. The molecule has 0 unspecified atom stereocenters. The van der Waals surface area contributed by atoms with E-state index in [1.165, 1.54) is 0 Å². The molecule has 0 bridgehead atoms. The summed E-state index contributed by atoms with van der Waals surface area (Å²) in [5.74, 6) is -0.263. The van der Waals surface area contributed by atoms with Crippen molar-refractivity contribution in [2.45, 2.75) is 26.7 Å². The maximum atomic E-state index is 11.7. The van der Waals surface area contributed by atoms with Crippen molar-refractivity contribution in [2.75, 3.05) is 19.8 Å². The number of carbonyl (C=O) groups is 1. The summed E-state index contributed by atoms with van der Waals surface area (Å²) in [5, 5.41) is 2.80. The molecule has 0 aliphatic heterocycles. The first-order chi connectivity index (χ1) is 8.63. The zero-order valence-electron chi connectivity index (χ0n) is 10.7. The molecule has 0 atom stereocenters. The van der Waals surface area contributed by atoms with Crippen molar-refractivity contribution in [3.05, 3.63) is 22.7 Å². The van der Waals surface area contributed by atoms with Gasteiger partial charge in [0.25, 0.3) is 5.91 Å². The normalized spacial score (nSPS) is 10.4. The van der Waals surface area contributed by atoms with Crippen molar-refractivity contribution in [3.63, 3.8) is 0 Å². The van der Waals surface area contributed by atoms with Crippen LogP contribution < -0.4 is 5.32 Å². The Kier molecular flexibility index (Phi) is 6.60. The standard InChI is InChI=1S/C12H18ClN3O2/c1-3-4-6-18-7-5-14-11(17)10-8-9(2)15-12(13)16-10/h8H,3-7H2,1-2H3,(H,14,17). The number of hydrogen-bond donors (Lipinski definition) is 1. The maximum Gasteiger partial charge on any atom is 0.270 e. The third-order valence-electron chi connectivity index (χ3n) is 2.23. The van der Waals surface area contributed by atoms with Crippen molar-refractivity contribution in [2.24, 2.45) is 0 Å². The third kappa shape index (κ3) is 5.42. The van der Waals surface area contributed by atoms with E-state index in [9.17, 15) is 4.79 Å². The summed E-state index contributed by atoms with van der Waals surface area (Å²) in [6.45, 7) is 5.56. The van der Waals surface area contributed by atoms with Gasteiger partial charge in [-0.05, 0) is 31.0 Å². The zero-order valence-corrected chi connectivity index (χ0v) is 11.5. The molecule has 0 spiro atoms.